The Hall–Kier alpha value is -0.870. The number of hydrogen-bond donors (Lipinski definition) is 2. The molecule has 0 aliphatic carbocycles. The lowest BCUT2D eigenvalue weighted by molar-refractivity contribution is 0.252. The maximum Gasteiger partial charge on any atom is 0.319 e. The van der Waals surface area contributed by atoms with Crippen LogP contribution in [0.4, 0.5) is 10.5 Å². The van der Waals surface area contributed by atoms with Crippen molar-refractivity contribution in [2.45, 2.75) is 18.2 Å². The van der Waals surface area contributed by atoms with Gasteiger partial charge in [0.15, 0.2) is 0 Å². The molecule has 0 fully saturated rings. The Balaban J connectivity index is 2.71. The van der Waals surface area contributed by atoms with Crippen molar-refractivity contribution in [1.29, 1.82) is 0 Å². The van der Waals surface area contributed by atoms with Crippen molar-refractivity contribution >= 4 is 35.1 Å². The molecule has 1 aromatic rings. The molecule has 0 saturated carbocycles. The number of carbonyl (C=O) groups is 1. The summed E-state index contributed by atoms with van der Waals surface area (Å²) in [5.74, 6) is 0. The number of amides is 2. The summed E-state index contributed by atoms with van der Waals surface area (Å²) >= 11 is 7.45. The van der Waals surface area contributed by atoms with Crippen LogP contribution < -0.4 is 10.6 Å². The van der Waals surface area contributed by atoms with E-state index in [0.717, 1.165) is 17.0 Å². The van der Waals surface area contributed by atoms with Crippen molar-refractivity contribution in [2.24, 2.45) is 0 Å². The molecular weight excluding hydrogens is 244 g/mol. The zero-order valence-electron chi connectivity index (χ0n) is 9.34. The van der Waals surface area contributed by atoms with Gasteiger partial charge in [-0.1, -0.05) is 18.5 Å². The molecule has 0 spiro atoms. The Bertz CT molecular complexity index is 371. The Morgan fingerprint density at radius 3 is 2.88 bits per heavy atom. The average Bonchev–Trinajstić information content (AvgIpc) is 2.27. The van der Waals surface area contributed by atoms with E-state index in [4.69, 9.17) is 11.6 Å². The van der Waals surface area contributed by atoms with E-state index in [-0.39, 0.29) is 6.03 Å². The molecule has 0 radical (unpaired) electrons. The third-order valence-corrected chi connectivity index (χ3v) is 2.98. The second-order valence-corrected chi connectivity index (χ2v) is 4.51. The molecule has 1 rings (SSSR count). The van der Waals surface area contributed by atoms with E-state index in [9.17, 15) is 4.79 Å². The minimum atomic E-state index is -0.195. The highest BCUT2D eigenvalue weighted by atomic mass is 35.5. The number of thioether (sulfide) groups is 1. The van der Waals surface area contributed by atoms with Gasteiger partial charge in [-0.05, 0) is 30.9 Å². The highest BCUT2D eigenvalue weighted by Gasteiger charge is 2.06. The quantitative estimate of drug-likeness (QED) is 0.811. The first kappa shape index (κ1) is 13.2. The number of urea groups is 1. The molecule has 1 aromatic carbocycles. The molecule has 0 heterocycles. The molecule has 0 aromatic heterocycles. The summed E-state index contributed by atoms with van der Waals surface area (Å²) in [7, 11) is 0. The molecular formula is C11H15ClN2OS. The summed E-state index contributed by atoms with van der Waals surface area (Å²) in [5, 5.41) is 6.15. The maximum absolute atomic E-state index is 11.5. The SMILES string of the molecule is CCCNC(=O)Nc1cc(Cl)ccc1SC. The summed E-state index contributed by atoms with van der Waals surface area (Å²) in [5.41, 5.74) is 0.744. The van der Waals surface area contributed by atoms with Crippen LogP contribution in [-0.2, 0) is 0 Å². The van der Waals surface area contributed by atoms with Gasteiger partial charge in [0.25, 0.3) is 0 Å². The monoisotopic (exact) mass is 258 g/mol. The second-order valence-electron chi connectivity index (χ2n) is 3.23. The summed E-state index contributed by atoms with van der Waals surface area (Å²) in [4.78, 5) is 12.5. The molecule has 3 nitrogen and oxygen atoms in total. The number of anilines is 1. The van der Waals surface area contributed by atoms with Crippen LogP contribution in [0, 0.1) is 0 Å². The molecule has 88 valence electrons. The standard InChI is InChI=1S/C11H15ClN2OS/c1-3-6-13-11(15)14-9-7-8(12)4-5-10(9)16-2/h4-5,7H,3,6H2,1-2H3,(H2,13,14,15). The maximum atomic E-state index is 11.5. The molecule has 0 aliphatic heterocycles. The van der Waals surface area contributed by atoms with E-state index < -0.39 is 0 Å². The molecule has 5 heteroatoms. The fourth-order valence-corrected chi connectivity index (χ4v) is 1.89. The average molecular weight is 259 g/mol. The summed E-state index contributed by atoms with van der Waals surface area (Å²) in [6.07, 6.45) is 2.87. The molecule has 16 heavy (non-hydrogen) atoms. The number of rotatable bonds is 4. The zero-order chi connectivity index (χ0) is 12.0. The van der Waals surface area contributed by atoms with Gasteiger partial charge in [0, 0.05) is 16.5 Å². The minimum absolute atomic E-state index is 0.195. The molecule has 2 N–H and O–H groups in total. The van der Waals surface area contributed by atoms with Gasteiger partial charge in [-0.25, -0.2) is 4.79 Å². The van der Waals surface area contributed by atoms with Crippen LogP contribution in [0.25, 0.3) is 0 Å². The van der Waals surface area contributed by atoms with Crippen molar-refractivity contribution in [3.63, 3.8) is 0 Å². The first-order valence-corrected chi connectivity index (χ1v) is 6.66. The first-order chi connectivity index (χ1) is 7.67. The topological polar surface area (TPSA) is 41.1 Å². The number of nitrogens with one attached hydrogen (secondary N) is 2. The number of halogens is 1. The zero-order valence-corrected chi connectivity index (χ0v) is 10.9. The molecule has 0 unspecified atom stereocenters. The second kappa shape index (κ2) is 6.66. The normalized spacial score (nSPS) is 9.94. The summed E-state index contributed by atoms with van der Waals surface area (Å²) in [6.45, 7) is 2.67. The van der Waals surface area contributed by atoms with Crippen molar-refractivity contribution < 1.29 is 4.79 Å². The van der Waals surface area contributed by atoms with Crippen molar-refractivity contribution in [3.8, 4) is 0 Å². The predicted octanol–water partition coefficient (Wildman–Crippen LogP) is 3.59. The minimum Gasteiger partial charge on any atom is -0.338 e. The van der Waals surface area contributed by atoms with E-state index in [1.165, 1.54) is 0 Å². The smallest absolute Gasteiger partial charge is 0.319 e. The van der Waals surface area contributed by atoms with Crippen LogP contribution in [0.15, 0.2) is 23.1 Å². The molecule has 0 aliphatic rings. The lowest BCUT2D eigenvalue weighted by Gasteiger charge is -2.10. The lowest BCUT2D eigenvalue weighted by Crippen LogP contribution is -2.29. The third-order valence-electron chi connectivity index (χ3n) is 1.95. The summed E-state index contributed by atoms with van der Waals surface area (Å²) in [6, 6.07) is 5.25. The number of carbonyl (C=O) groups excluding carboxylic acids is 1. The van der Waals surface area contributed by atoms with E-state index in [1.807, 2.05) is 25.3 Å². The Kier molecular flexibility index (Phi) is 5.49. The predicted molar refractivity (Wildman–Crippen MR) is 70.5 cm³/mol. The third kappa shape index (κ3) is 3.94. The van der Waals surface area contributed by atoms with E-state index in [1.54, 1.807) is 17.8 Å². The van der Waals surface area contributed by atoms with Crippen LogP contribution in [0.1, 0.15) is 13.3 Å². The number of benzene rings is 1. The molecule has 0 saturated heterocycles. The highest BCUT2D eigenvalue weighted by molar-refractivity contribution is 7.98. The van der Waals surface area contributed by atoms with Crippen LogP contribution in [0.2, 0.25) is 5.02 Å². The lowest BCUT2D eigenvalue weighted by atomic mass is 10.3. The van der Waals surface area contributed by atoms with Crippen LogP contribution >= 0.6 is 23.4 Å². The van der Waals surface area contributed by atoms with Crippen molar-refractivity contribution in [1.82, 2.24) is 5.32 Å². The van der Waals surface area contributed by atoms with Crippen LogP contribution in [-0.4, -0.2) is 18.8 Å². The molecule has 2 amide bonds. The van der Waals surface area contributed by atoms with Gasteiger partial charge < -0.3 is 10.6 Å². The highest BCUT2D eigenvalue weighted by Crippen LogP contribution is 2.28. The Morgan fingerprint density at radius 2 is 2.25 bits per heavy atom. The summed E-state index contributed by atoms with van der Waals surface area (Å²) < 4.78 is 0. The van der Waals surface area contributed by atoms with Gasteiger partial charge in [-0.15, -0.1) is 11.8 Å². The largest absolute Gasteiger partial charge is 0.338 e. The van der Waals surface area contributed by atoms with E-state index in [2.05, 4.69) is 10.6 Å². The van der Waals surface area contributed by atoms with Crippen LogP contribution in [0.3, 0.4) is 0 Å². The van der Waals surface area contributed by atoms with Gasteiger partial charge in [-0.3, -0.25) is 0 Å². The van der Waals surface area contributed by atoms with Crippen LogP contribution in [0.5, 0.6) is 0 Å². The van der Waals surface area contributed by atoms with Gasteiger partial charge in [-0.2, -0.15) is 0 Å². The van der Waals surface area contributed by atoms with Gasteiger partial charge in [0.1, 0.15) is 0 Å². The van der Waals surface area contributed by atoms with Gasteiger partial charge >= 0.3 is 6.03 Å². The Morgan fingerprint density at radius 1 is 1.50 bits per heavy atom. The Labute approximate surface area is 105 Å². The fourth-order valence-electron chi connectivity index (χ4n) is 1.18. The van der Waals surface area contributed by atoms with Crippen molar-refractivity contribution in [3.05, 3.63) is 23.2 Å². The van der Waals surface area contributed by atoms with E-state index >= 15 is 0 Å². The first-order valence-electron chi connectivity index (χ1n) is 5.05. The van der Waals surface area contributed by atoms with E-state index in [0.29, 0.717) is 11.6 Å². The number of hydrogen-bond acceptors (Lipinski definition) is 2. The van der Waals surface area contributed by atoms with Gasteiger partial charge in [0.05, 0.1) is 5.69 Å². The van der Waals surface area contributed by atoms with Crippen molar-refractivity contribution in [2.75, 3.05) is 18.1 Å². The fraction of sp³-hybridized carbons (Fsp3) is 0.364. The molecule has 0 bridgehead atoms. The molecule has 0 atom stereocenters. The van der Waals surface area contributed by atoms with Gasteiger partial charge in [0.2, 0.25) is 0 Å².